The van der Waals surface area contributed by atoms with Gasteiger partial charge in [0, 0.05) is 39.2 Å². The zero-order chi connectivity index (χ0) is 35.3. The highest BCUT2D eigenvalue weighted by Crippen LogP contribution is 2.53. The van der Waals surface area contributed by atoms with Crippen LogP contribution in [-0.4, -0.2) is 17.8 Å². The summed E-state index contributed by atoms with van der Waals surface area (Å²) in [6, 6.07) is 37.2. The van der Waals surface area contributed by atoms with Crippen LogP contribution in [-0.2, 0) is 11.8 Å². The van der Waals surface area contributed by atoms with Crippen LogP contribution < -0.4 is 5.32 Å². The van der Waals surface area contributed by atoms with Gasteiger partial charge >= 0.3 is 0 Å². The second-order valence-corrected chi connectivity index (χ2v) is 15.7. The molecule has 4 unspecified atom stereocenters. The Labute approximate surface area is 309 Å². The molecule has 0 amide bonds. The second kappa shape index (κ2) is 11.5. The molecule has 5 aromatic carbocycles. The van der Waals surface area contributed by atoms with Crippen LogP contribution in [0, 0.1) is 11.8 Å². The van der Waals surface area contributed by atoms with Crippen LogP contribution in [0.4, 0.5) is 0 Å². The molecule has 4 heteroatoms. The Hall–Kier alpha value is -6.00. The fourth-order valence-electron chi connectivity index (χ4n) is 9.69. The van der Waals surface area contributed by atoms with E-state index in [0.717, 1.165) is 41.2 Å². The smallest absolute Gasteiger partial charge is 0.150 e. The van der Waals surface area contributed by atoms with Gasteiger partial charge in [-0.05, 0) is 81.5 Å². The summed E-state index contributed by atoms with van der Waals surface area (Å²) in [6.07, 6.45) is 17.6. The van der Waals surface area contributed by atoms with Gasteiger partial charge in [0.25, 0.3) is 0 Å². The van der Waals surface area contributed by atoms with Crippen LogP contribution in [0.5, 0.6) is 0 Å². The van der Waals surface area contributed by atoms with Crippen LogP contribution >= 0.6 is 0 Å². The normalized spacial score (nSPS) is 23.2. The van der Waals surface area contributed by atoms with Crippen LogP contribution in [0.3, 0.4) is 0 Å². The fraction of sp³-hybridized carbons (Fsp3) is 0.184. The molecule has 0 saturated carbocycles. The lowest BCUT2D eigenvalue weighted by atomic mass is 9.80. The van der Waals surface area contributed by atoms with E-state index in [0.29, 0.717) is 11.8 Å². The third kappa shape index (κ3) is 4.68. The van der Waals surface area contributed by atoms with E-state index in [1.54, 1.807) is 0 Å². The number of amidine groups is 2. The number of hydrogen-bond donors (Lipinski definition) is 1. The van der Waals surface area contributed by atoms with Crippen molar-refractivity contribution in [3.8, 4) is 11.1 Å². The minimum Gasteiger partial charge on any atom is -0.456 e. The molecule has 256 valence electrons. The van der Waals surface area contributed by atoms with Gasteiger partial charge in [-0.3, -0.25) is 0 Å². The summed E-state index contributed by atoms with van der Waals surface area (Å²) in [6.45, 7) is 4.72. The number of allylic oxidation sites excluding steroid dienone is 7. The molecule has 4 nitrogen and oxygen atoms in total. The first-order chi connectivity index (χ1) is 26.0. The zero-order valence-electron chi connectivity index (χ0n) is 29.9. The van der Waals surface area contributed by atoms with Crippen molar-refractivity contribution in [1.82, 2.24) is 5.32 Å². The van der Waals surface area contributed by atoms with Crippen molar-refractivity contribution in [3.05, 3.63) is 185 Å². The highest BCUT2D eigenvalue weighted by molar-refractivity contribution is 6.17. The SMILES string of the molecule is CC1(C)c2cc(C3=CC=CC(C4N=C(c5ccccc5)NC(c5cccc6c5CC5C=CC=CC65)=N4)C3)ccc2-c2c1ccc1oc3ccccc3c21. The first-order valence-electron chi connectivity index (χ1n) is 18.9. The molecule has 2 heterocycles. The third-order valence-electron chi connectivity index (χ3n) is 12.4. The Morgan fingerprint density at radius 3 is 2.42 bits per heavy atom. The number of furan rings is 1. The van der Waals surface area contributed by atoms with Crippen molar-refractivity contribution in [2.24, 2.45) is 21.8 Å². The molecule has 0 radical (unpaired) electrons. The van der Waals surface area contributed by atoms with E-state index in [1.807, 2.05) is 6.07 Å². The monoisotopic (exact) mass is 685 g/mol. The van der Waals surface area contributed by atoms with Crippen LogP contribution in [0.2, 0.25) is 0 Å². The van der Waals surface area contributed by atoms with Crippen LogP contribution in [0.25, 0.3) is 38.6 Å². The molecular formula is C49H39N3O. The molecule has 1 aliphatic heterocycles. The Kier molecular flexibility index (Phi) is 6.64. The molecule has 4 atom stereocenters. The molecule has 1 N–H and O–H groups in total. The summed E-state index contributed by atoms with van der Waals surface area (Å²) in [7, 11) is 0. The van der Waals surface area contributed by atoms with Crippen LogP contribution in [0.15, 0.2) is 160 Å². The molecule has 53 heavy (non-hydrogen) atoms. The summed E-state index contributed by atoms with van der Waals surface area (Å²) < 4.78 is 6.32. The summed E-state index contributed by atoms with van der Waals surface area (Å²) in [5.74, 6) is 2.86. The highest BCUT2D eigenvalue weighted by Gasteiger charge is 2.38. The van der Waals surface area contributed by atoms with Crippen molar-refractivity contribution >= 4 is 39.2 Å². The highest BCUT2D eigenvalue weighted by atomic mass is 16.3. The Morgan fingerprint density at radius 2 is 1.49 bits per heavy atom. The number of fused-ring (bicyclic) bond motifs is 10. The second-order valence-electron chi connectivity index (χ2n) is 15.7. The molecule has 11 rings (SSSR count). The van der Waals surface area contributed by atoms with E-state index in [2.05, 4.69) is 159 Å². The summed E-state index contributed by atoms with van der Waals surface area (Å²) >= 11 is 0. The number of nitrogens with one attached hydrogen (secondary N) is 1. The molecule has 5 aliphatic rings. The predicted octanol–water partition coefficient (Wildman–Crippen LogP) is 11.1. The minimum atomic E-state index is -0.251. The fourth-order valence-corrected chi connectivity index (χ4v) is 9.69. The van der Waals surface area contributed by atoms with Gasteiger partial charge in [-0.2, -0.15) is 0 Å². The number of para-hydroxylation sites is 1. The topological polar surface area (TPSA) is 49.9 Å². The quantitative estimate of drug-likeness (QED) is 0.201. The van der Waals surface area contributed by atoms with E-state index in [-0.39, 0.29) is 17.5 Å². The lowest BCUT2D eigenvalue weighted by Crippen LogP contribution is -2.40. The minimum absolute atomic E-state index is 0.117. The van der Waals surface area contributed by atoms with Crippen molar-refractivity contribution in [2.45, 2.75) is 44.2 Å². The van der Waals surface area contributed by atoms with Gasteiger partial charge in [0.05, 0.1) is 0 Å². The molecule has 6 aromatic rings. The molecule has 4 aliphatic carbocycles. The maximum absolute atomic E-state index is 6.32. The van der Waals surface area contributed by atoms with E-state index in [9.17, 15) is 0 Å². The Morgan fingerprint density at radius 1 is 0.660 bits per heavy atom. The zero-order valence-corrected chi connectivity index (χ0v) is 29.9. The third-order valence-corrected chi connectivity index (χ3v) is 12.4. The van der Waals surface area contributed by atoms with Crippen molar-refractivity contribution in [3.63, 3.8) is 0 Å². The molecule has 0 fully saturated rings. The maximum atomic E-state index is 6.32. The predicted molar refractivity (Wildman–Crippen MR) is 218 cm³/mol. The number of nitrogens with zero attached hydrogens (tertiary/aromatic N) is 2. The molecular weight excluding hydrogens is 647 g/mol. The molecule has 0 bridgehead atoms. The Bertz CT molecular complexity index is 2700. The molecule has 0 spiro atoms. The van der Waals surface area contributed by atoms with Crippen LogP contribution in [0.1, 0.15) is 65.1 Å². The van der Waals surface area contributed by atoms with E-state index in [4.69, 9.17) is 14.4 Å². The van der Waals surface area contributed by atoms with Crippen molar-refractivity contribution < 1.29 is 4.42 Å². The lowest BCUT2D eigenvalue weighted by molar-refractivity contribution is 0.522. The average molecular weight is 686 g/mol. The number of hydrogen-bond acceptors (Lipinski definition) is 4. The summed E-state index contributed by atoms with van der Waals surface area (Å²) in [5.41, 5.74) is 14.8. The summed E-state index contributed by atoms with van der Waals surface area (Å²) in [5, 5.41) is 6.10. The van der Waals surface area contributed by atoms with Gasteiger partial charge in [-0.1, -0.05) is 141 Å². The first-order valence-corrected chi connectivity index (χ1v) is 18.9. The van der Waals surface area contributed by atoms with Crippen molar-refractivity contribution in [2.75, 3.05) is 0 Å². The number of benzene rings is 5. The summed E-state index contributed by atoms with van der Waals surface area (Å²) in [4.78, 5) is 10.7. The average Bonchev–Trinajstić information content (AvgIpc) is 3.85. The largest absolute Gasteiger partial charge is 0.456 e. The Balaban J connectivity index is 0.958. The van der Waals surface area contributed by atoms with E-state index < -0.39 is 0 Å². The molecule has 0 saturated heterocycles. The standard InChI is InChI=1S/C49H39N3O/c1-49(2)40-24-25-43-45(38-18-8-9-21-42(38)53-43)44(40)37-23-22-31(28-41(37)49)30-15-10-16-33(26-30)47-50-46(29-12-4-3-5-13-29)51-48(52-47)36-20-11-19-35-34-17-7-6-14-32(34)27-39(35)36/h3-25,28,32-34,47H,26-27H2,1-2H3,(H,50,51,52). The van der Waals surface area contributed by atoms with Gasteiger partial charge in [-0.15, -0.1) is 0 Å². The number of rotatable bonds is 4. The van der Waals surface area contributed by atoms with Gasteiger partial charge < -0.3 is 9.73 Å². The molecule has 1 aromatic heterocycles. The number of aliphatic imine (C=N–C) groups is 2. The van der Waals surface area contributed by atoms with Gasteiger partial charge in [0.2, 0.25) is 0 Å². The lowest BCUT2D eigenvalue weighted by Gasteiger charge is -2.29. The van der Waals surface area contributed by atoms with Crippen molar-refractivity contribution in [1.29, 1.82) is 0 Å². The van der Waals surface area contributed by atoms with Gasteiger partial charge in [0.15, 0.2) is 6.17 Å². The van der Waals surface area contributed by atoms with E-state index >= 15 is 0 Å². The van der Waals surface area contributed by atoms with Gasteiger partial charge in [-0.25, -0.2) is 9.98 Å². The maximum Gasteiger partial charge on any atom is 0.150 e. The van der Waals surface area contributed by atoms with E-state index in [1.165, 1.54) is 60.9 Å². The first kappa shape index (κ1) is 30.6. The van der Waals surface area contributed by atoms with Gasteiger partial charge in [0.1, 0.15) is 22.8 Å².